The first-order valence-corrected chi connectivity index (χ1v) is 0. The molecular formula is H7CuPbSbSn. The molecule has 31 valence electrons. The first-order valence-electron chi connectivity index (χ1n) is 0. The van der Waals surface area contributed by atoms with Gasteiger partial charge in [-0.15, -0.1) is 0 Å². The number of hydrogen-bond acceptors (Lipinski definition) is 0. The van der Waals surface area contributed by atoms with E-state index in [1.807, 2.05) is 0 Å². The van der Waals surface area contributed by atoms with Crippen LogP contribution in [0.2, 0.25) is 0 Å². The van der Waals surface area contributed by atoms with Crippen LogP contribution in [-0.4, -0.2) is 75.6 Å². The molecule has 0 rings (SSSR count). The molecule has 0 saturated carbocycles. The molecule has 0 N–H and O–H groups in total. The van der Waals surface area contributed by atoms with Crippen molar-refractivity contribution >= 4 is 75.6 Å². The summed E-state index contributed by atoms with van der Waals surface area (Å²) in [6, 6.07) is 0. The third kappa shape index (κ3) is 8.91. The molecule has 0 saturated heterocycles. The third-order valence-electron chi connectivity index (χ3n) is 0. The van der Waals surface area contributed by atoms with Gasteiger partial charge < -0.3 is 0 Å². The van der Waals surface area contributed by atoms with E-state index in [0.29, 0.717) is 0 Å². The zero-order chi connectivity index (χ0) is 0. The Kier molecular flexibility index (Phi) is 115. The van der Waals surface area contributed by atoms with Gasteiger partial charge in [0.2, 0.25) is 0 Å². The van der Waals surface area contributed by atoms with Gasteiger partial charge in [0.25, 0.3) is 0 Å². The van der Waals surface area contributed by atoms with Gasteiger partial charge in [-0.25, -0.2) is 0 Å². The van der Waals surface area contributed by atoms with Crippen molar-refractivity contribution in [3.05, 3.63) is 0 Å². The Balaban J connectivity index is 0. The Morgan fingerprint density at radius 1 is 1.00 bits per heavy atom. The predicted molar refractivity (Wildman–Crippen MR) is 27.0 cm³/mol. The van der Waals surface area contributed by atoms with Crippen LogP contribution < -0.4 is 0 Å². The van der Waals surface area contributed by atoms with Crippen molar-refractivity contribution < 1.29 is 17.1 Å². The maximum absolute atomic E-state index is 0. The van der Waals surface area contributed by atoms with E-state index in [1.54, 1.807) is 0 Å². The maximum atomic E-state index is 0. The summed E-state index contributed by atoms with van der Waals surface area (Å²) in [5, 5.41) is 0. The average Bonchev–Trinajstić information content (AvgIpc) is 0. The van der Waals surface area contributed by atoms with Crippen LogP contribution in [0.5, 0.6) is 0 Å². The standard InChI is InChI=1S/Cu.Pb.Sb.Sn.7H. The van der Waals surface area contributed by atoms with E-state index in [2.05, 4.69) is 0 Å². The van der Waals surface area contributed by atoms with E-state index in [4.69, 9.17) is 0 Å². The zero-order valence-corrected chi connectivity index (χ0v) is 16.9. The van der Waals surface area contributed by atoms with Gasteiger partial charge in [0.05, 0.1) is 0 Å². The molecule has 0 atom stereocenters. The van der Waals surface area contributed by atoms with Crippen LogP contribution in [0.3, 0.4) is 0 Å². The SMILES string of the molecule is [Cu].[PbH2].[SbH3].[SnH2]. The Labute approximate surface area is 90.9 Å². The Morgan fingerprint density at radius 2 is 1.00 bits per heavy atom. The van der Waals surface area contributed by atoms with Crippen LogP contribution in [0.1, 0.15) is 0 Å². The second-order valence-corrected chi connectivity index (χ2v) is 0. The third-order valence-corrected chi connectivity index (χ3v) is 0. The molecule has 0 spiro atoms. The van der Waals surface area contributed by atoms with Crippen molar-refractivity contribution in [1.82, 2.24) is 0 Å². The number of hydrogen-bond donors (Lipinski definition) is 0. The summed E-state index contributed by atoms with van der Waals surface area (Å²) < 4.78 is 0. The van der Waals surface area contributed by atoms with Crippen molar-refractivity contribution in [1.29, 1.82) is 0 Å². The minimum atomic E-state index is 0. The first-order chi connectivity index (χ1) is 0. The van der Waals surface area contributed by atoms with E-state index < -0.39 is 0 Å². The monoisotopic (exact) mass is 519 g/mol. The Hall–Kier alpha value is 3.06. The van der Waals surface area contributed by atoms with Crippen LogP contribution in [0.25, 0.3) is 0 Å². The molecule has 0 bridgehead atoms. The summed E-state index contributed by atoms with van der Waals surface area (Å²) in [7, 11) is 0. The van der Waals surface area contributed by atoms with E-state index in [9.17, 15) is 0 Å². The van der Waals surface area contributed by atoms with Gasteiger partial charge in [0.1, 0.15) is 0 Å². The van der Waals surface area contributed by atoms with Crippen molar-refractivity contribution in [2.24, 2.45) is 0 Å². The molecule has 0 aliphatic carbocycles. The van der Waals surface area contributed by atoms with Crippen LogP contribution >= 0.6 is 0 Å². The van der Waals surface area contributed by atoms with E-state index in [0.717, 1.165) is 0 Å². The predicted octanol–water partition coefficient (Wildman–Crippen LogP) is -3.02. The molecule has 5 radical (unpaired) electrons. The van der Waals surface area contributed by atoms with Gasteiger partial charge in [-0.3, -0.25) is 0 Å². The molecule has 0 aromatic carbocycles. The van der Waals surface area contributed by atoms with Crippen LogP contribution in [0.15, 0.2) is 0 Å². The Bertz CT molecular complexity index is 8.00. The molecule has 0 aliphatic rings. The van der Waals surface area contributed by atoms with E-state index in [-0.39, 0.29) is 92.7 Å². The fraction of sp³-hybridized carbons (Fsp3) is 0. The molecule has 0 nitrogen and oxygen atoms in total. The quantitative estimate of drug-likeness (QED) is 0.300. The normalized spacial score (nSPS) is 0. The van der Waals surface area contributed by atoms with Crippen molar-refractivity contribution in [3.63, 3.8) is 0 Å². The molecule has 4 heavy (non-hydrogen) atoms. The van der Waals surface area contributed by atoms with Crippen LogP contribution in [-0.2, 0) is 17.1 Å². The van der Waals surface area contributed by atoms with Crippen LogP contribution in [0, 0.1) is 0 Å². The molecular weight excluding hydrogens is 511 g/mol. The molecule has 0 aliphatic heterocycles. The van der Waals surface area contributed by atoms with Gasteiger partial charge >= 0.3 is 75.6 Å². The minimum absolute atomic E-state index is 0. The van der Waals surface area contributed by atoms with Gasteiger partial charge in [-0.1, -0.05) is 0 Å². The summed E-state index contributed by atoms with van der Waals surface area (Å²) in [5.74, 6) is 0. The summed E-state index contributed by atoms with van der Waals surface area (Å²) in [4.78, 5) is 0. The van der Waals surface area contributed by atoms with Crippen molar-refractivity contribution in [2.45, 2.75) is 0 Å². The molecule has 0 fully saturated rings. The van der Waals surface area contributed by atoms with Gasteiger partial charge in [0, 0.05) is 17.1 Å². The van der Waals surface area contributed by atoms with E-state index >= 15 is 0 Å². The summed E-state index contributed by atoms with van der Waals surface area (Å²) in [6.07, 6.45) is 0. The van der Waals surface area contributed by atoms with Gasteiger partial charge in [-0.2, -0.15) is 0 Å². The second-order valence-electron chi connectivity index (χ2n) is 0. The Morgan fingerprint density at radius 3 is 1.00 bits per heavy atom. The van der Waals surface area contributed by atoms with Gasteiger partial charge in [-0.05, 0) is 0 Å². The molecule has 0 aromatic rings. The molecule has 0 aromatic heterocycles. The molecule has 0 heterocycles. The summed E-state index contributed by atoms with van der Waals surface area (Å²) >= 11 is 0. The summed E-state index contributed by atoms with van der Waals surface area (Å²) in [5.41, 5.74) is 0. The van der Waals surface area contributed by atoms with Crippen LogP contribution in [0.4, 0.5) is 0 Å². The molecule has 0 unspecified atom stereocenters. The second kappa shape index (κ2) is 16.6. The summed E-state index contributed by atoms with van der Waals surface area (Å²) in [6.45, 7) is 0. The fourth-order valence-electron chi connectivity index (χ4n) is 0. The number of rotatable bonds is 0. The van der Waals surface area contributed by atoms with Crippen molar-refractivity contribution in [2.75, 3.05) is 0 Å². The topological polar surface area (TPSA) is 0 Å². The fourth-order valence-corrected chi connectivity index (χ4v) is 0. The molecule has 0 amide bonds. The zero-order valence-electron chi connectivity index (χ0n) is 2.42. The molecule has 4 heteroatoms. The van der Waals surface area contributed by atoms with Gasteiger partial charge in [0.15, 0.2) is 0 Å². The van der Waals surface area contributed by atoms with Crippen molar-refractivity contribution in [3.8, 4) is 0 Å². The van der Waals surface area contributed by atoms with E-state index in [1.165, 1.54) is 0 Å². The first kappa shape index (κ1) is 27.7. The average molecular weight is 518 g/mol.